The van der Waals surface area contributed by atoms with E-state index in [1.807, 2.05) is 0 Å². The molecular weight excluding hydrogens is 306 g/mol. The first-order chi connectivity index (χ1) is 11.7. The van der Waals surface area contributed by atoms with Gasteiger partial charge in [-0.1, -0.05) is 24.3 Å². The number of hydrogen-bond donors (Lipinski definition) is 0. The fourth-order valence-electron chi connectivity index (χ4n) is 3.24. The summed E-state index contributed by atoms with van der Waals surface area (Å²) in [5, 5.41) is 0. The van der Waals surface area contributed by atoms with Gasteiger partial charge in [-0.15, -0.1) is 0 Å². The Morgan fingerprint density at radius 1 is 0.680 bits per heavy atom. The topological polar surface area (TPSA) is 9.72 Å². The van der Waals surface area contributed by atoms with E-state index in [9.17, 15) is 0 Å². The van der Waals surface area contributed by atoms with Crippen molar-refractivity contribution in [2.24, 2.45) is 0 Å². The first-order valence-corrected chi connectivity index (χ1v) is 8.94. The molecule has 0 amide bonds. The lowest BCUT2D eigenvalue weighted by molar-refractivity contribution is 0.402. The average Bonchev–Trinajstić information content (AvgIpc) is 2.45. The molecule has 0 unspecified atom stereocenters. The second-order valence-corrected chi connectivity index (χ2v) is 8.32. The number of hydrogen-bond acceptors (Lipinski definition) is 3. The van der Waals surface area contributed by atoms with Crippen molar-refractivity contribution in [2.75, 3.05) is 33.1 Å². The van der Waals surface area contributed by atoms with E-state index in [1.54, 1.807) is 0 Å². The van der Waals surface area contributed by atoms with Crippen LogP contribution in [0.3, 0.4) is 0 Å². The lowest BCUT2D eigenvalue weighted by Crippen LogP contribution is -2.37. The third-order valence-electron chi connectivity index (χ3n) is 4.01. The first kappa shape index (κ1) is 19.5. The molecule has 0 heterocycles. The van der Waals surface area contributed by atoms with Gasteiger partial charge >= 0.3 is 0 Å². The molecule has 0 spiro atoms. The van der Waals surface area contributed by atoms with Gasteiger partial charge in [0.2, 0.25) is 0 Å². The van der Waals surface area contributed by atoms with Crippen LogP contribution in [-0.2, 0) is 13.1 Å². The average molecular weight is 340 g/mol. The van der Waals surface area contributed by atoms with Gasteiger partial charge < -0.3 is 14.7 Å². The molecule has 0 aliphatic carbocycles. The van der Waals surface area contributed by atoms with E-state index in [2.05, 4.69) is 112 Å². The Bertz CT molecular complexity index is 630. The molecular formula is C22H33N3. The molecule has 0 aliphatic rings. The molecule has 0 saturated carbocycles. The van der Waals surface area contributed by atoms with Gasteiger partial charge in [0.25, 0.3) is 0 Å². The van der Waals surface area contributed by atoms with Crippen LogP contribution >= 0.6 is 0 Å². The van der Waals surface area contributed by atoms with E-state index in [-0.39, 0.29) is 5.54 Å². The molecule has 2 aromatic rings. The summed E-state index contributed by atoms with van der Waals surface area (Å²) in [5.74, 6) is 0. The zero-order valence-electron chi connectivity index (χ0n) is 16.9. The molecule has 2 aromatic carbocycles. The molecule has 0 bridgehead atoms. The zero-order valence-corrected chi connectivity index (χ0v) is 16.9. The van der Waals surface area contributed by atoms with Crippen LogP contribution in [0.15, 0.2) is 48.5 Å². The van der Waals surface area contributed by atoms with Crippen LogP contribution in [0.2, 0.25) is 0 Å². The van der Waals surface area contributed by atoms with Crippen molar-refractivity contribution in [3.63, 3.8) is 0 Å². The van der Waals surface area contributed by atoms with Crippen molar-refractivity contribution in [3.05, 3.63) is 59.7 Å². The lowest BCUT2D eigenvalue weighted by atomic mass is 10.0. The van der Waals surface area contributed by atoms with Gasteiger partial charge in [0.05, 0.1) is 0 Å². The standard InChI is InChI=1S/C22H33N3/c1-22(2,3)25(20-12-8-10-18(14-20)16-23(4)5)21-13-9-11-19(15-21)17-24(6)7/h8-15H,16-17H2,1-7H3. The number of nitrogens with zero attached hydrogens (tertiary/aromatic N) is 3. The Kier molecular flexibility index (Phi) is 6.26. The molecule has 136 valence electrons. The predicted molar refractivity (Wildman–Crippen MR) is 110 cm³/mol. The molecule has 3 nitrogen and oxygen atoms in total. The fraction of sp³-hybridized carbons (Fsp3) is 0.455. The third-order valence-corrected chi connectivity index (χ3v) is 4.01. The second-order valence-electron chi connectivity index (χ2n) is 8.32. The lowest BCUT2D eigenvalue weighted by Gasteiger charge is -2.38. The monoisotopic (exact) mass is 339 g/mol. The van der Waals surface area contributed by atoms with Crippen LogP contribution < -0.4 is 4.90 Å². The van der Waals surface area contributed by atoms with E-state index < -0.39 is 0 Å². The quantitative estimate of drug-likeness (QED) is 0.752. The van der Waals surface area contributed by atoms with Gasteiger partial charge in [-0.2, -0.15) is 0 Å². The van der Waals surface area contributed by atoms with E-state index in [4.69, 9.17) is 0 Å². The van der Waals surface area contributed by atoms with Crippen LogP contribution in [0, 0.1) is 0 Å². The van der Waals surface area contributed by atoms with Gasteiger partial charge in [-0.25, -0.2) is 0 Å². The van der Waals surface area contributed by atoms with Crippen molar-refractivity contribution < 1.29 is 0 Å². The molecule has 0 N–H and O–H groups in total. The second kappa shape index (κ2) is 8.03. The summed E-state index contributed by atoms with van der Waals surface area (Å²) in [7, 11) is 8.44. The van der Waals surface area contributed by atoms with Gasteiger partial charge in [-0.3, -0.25) is 0 Å². The Labute approximate surface area is 153 Å². The maximum Gasteiger partial charge on any atom is 0.0419 e. The normalized spacial score (nSPS) is 12.0. The fourth-order valence-corrected chi connectivity index (χ4v) is 3.24. The van der Waals surface area contributed by atoms with Crippen molar-refractivity contribution in [1.29, 1.82) is 0 Å². The molecule has 25 heavy (non-hydrogen) atoms. The Balaban J connectivity index is 2.44. The van der Waals surface area contributed by atoms with Crippen LogP contribution in [0.1, 0.15) is 31.9 Å². The summed E-state index contributed by atoms with van der Waals surface area (Å²) in [6.07, 6.45) is 0. The highest BCUT2D eigenvalue weighted by molar-refractivity contribution is 5.66. The summed E-state index contributed by atoms with van der Waals surface area (Å²) in [4.78, 5) is 6.85. The summed E-state index contributed by atoms with van der Waals surface area (Å²) >= 11 is 0. The largest absolute Gasteiger partial charge is 0.336 e. The summed E-state index contributed by atoms with van der Waals surface area (Å²) in [6.45, 7) is 8.71. The van der Waals surface area contributed by atoms with Crippen molar-refractivity contribution in [3.8, 4) is 0 Å². The number of anilines is 2. The molecule has 0 atom stereocenters. The number of rotatable bonds is 6. The van der Waals surface area contributed by atoms with Crippen molar-refractivity contribution in [2.45, 2.75) is 39.4 Å². The highest BCUT2D eigenvalue weighted by atomic mass is 15.2. The Morgan fingerprint density at radius 2 is 1.08 bits per heavy atom. The van der Waals surface area contributed by atoms with Gasteiger partial charge in [-0.05, 0) is 84.4 Å². The Hall–Kier alpha value is -1.84. The zero-order chi connectivity index (χ0) is 18.6. The van der Waals surface area contributed by atoms with E-state index in [0.29, 0.717) is 0 Å². The maximum atomic E-state index is 2.44. The molecule has 0 radical (unpaired) electrons. The SMILES string of the molecule is CN(C)Cc1cccc(N(c2cccc(CN(C)C)c2)C(C)(C)C)c1. The third kappa shape index (κ3) is 5.58. The van der Waals surface area contributed by atoms with E-state index in [1.165, 1.54) is 22.5 Å². The van der Waals surface area contributed by atoms with Crippen molar-refractivity contribution >= 4 is 11.4 Å². The molecule has 0 saturated heterocycles. The first-order valence-electron chi connectivity index (χ1n) is 8.94. The summed E-state index contributed by atoms with van der Waals surface area (Å²) < 4.78 is 0. The minimum Gasteiger partial charge on any atom is -0.336 e. The minimum atomic E-state index is -0.00647. The minimum absolute atomic E-state index is 0.00647. The van der Waals surface area contributed by atoms with E-state index in [0.717, 1.165) is 13.1 Å². The highest BCUT2D eigenvalue weighted by Gasteiger charge is 2.24. The van der Waals surface area contributed by atoms with Gasteiger partial charge in [0, 0.05) is 30.0 Å². The number of benzene rings is 2. The van der Waals surface area contributed by atoms with E-state index >= 15 is 0 Å². The molecule has 0 aliphatic heterocycles. The van der Waals surface area contributed by atoms with Gasteiger partial charge in [0.1, 0.15) is 0 Å². The van der Waals surface area contributed by atoms with Crippen LogP contribution in [-0.4, -0.2) is 43.5 Å². The maximum absolute atomic E-state index is 2.44. The van der Waals surface area contributed by atoms with Crippen molar-refractivity contribution in [1.82, 2.24) is 9.80 Å². The Morgan fingerprint density at radius 3 is 1.40 bits per heavy atom. The molecule has 3 heteroatoms. The van der Waals surface area contributed by atoms with Crippen LogP contribution in [0.4, 0.5) is 11.4 Å². The molecule has 2 rings (SSSR count). The molecule has 0 fully saturated rings. The predicted octanol–water partition coefficient (Wildman–Crippen LogP) is 4.75. The van der Waals surface area contributed by atoms with Crippen LogP contribution in [0.5, 0.6) is 0 Å². The van der Waals surface area contributed by atoms with Gasteiger partial charge in [0.15, 0.2) is 0 Å². The van der Waals surface area contributed by atoms with Crippen LogP contribution in [0.25, 0.3) is 0 Å². The highest BCUT2D eigenvalue weighted by Crippen LogP contribution is 2.34. The molecule has 0 aromatic heterocycles. The summed E-state index contributed by atoms with van der Waals surface area (Å²) in [5.41, 5.74) is 5.15. The smallest absolute Gasteiger partial charge is 0.0419 e. The summed E-state index contributed by atoms with van der Waals surface area (Å²) in [6, 6.07) is 17.8.